The minimum absolute atomic E-state index is 0.259. The second-order valence-corrected chi connectivity index (χ2v) is 5.86. The molecule has 0 aliphatic rings. The Morgan fingerprint density at radius 3 is 1.95 bits per heavy atom. The molecule has 0 radical (unpaired) electrons. The summed E-state index contributed by atoms with van der Waals surface area (Å²) in [5, 5.41) is 12.3. The first kappa shape index (κ1) is 12.5. The van der Waals surface area contributed by atoms with Gasteiger partial charge in [0.25, 0.3) is 0 Å². The van der Waals surface area contributed by atoms with Gasteiger partial charge in [-0.2, -0.15) is 0 Å². The highest BCUT2D eigenvalue weighted by molar-refractivity contribution is 9.10. The molecule has 1 aromatic heterocycles. The Bertz CT molecular complexity index is 918. The second-order valence-electron chi connectivity index (χ2n) is 5.01. The van der Waals surface area contributed by atoms with E-state index in [4.69, 9.17) is 0 Å². The number of hydrogen-bond acceptors (Lipinski definition) is 1. The second kappa shape index (κ2) is 4.64. The average Bonchev–Trinajstić information content (AvgIpc) is 2.84. The highest BCUT2D eigenvalue weighted by Crippen LogP contribution is 2.35. The smallest absolute Gasteiger partial charge is 0.117 e. The summed E-state index contributed by atoms with van der Waals surface area (Å²) < 4.78 is 3.13. The lowest BCUT2D eigenvalue weighted by molar-refractivity contribution is 0.475. The van der Waals surface area contributed by atoms with E-state index in [1.807, 2.05) is 18.2 Å². The number of aromatic hydroxyl groups is 1. The molecular formula is C18H12BrNO. The van der Waals surface area contributed by atoms with Crippen LogP contribution in [0.2, 0.25) is 0 Å². The number of halogens is 1. The Morgan fingerprint density at radius 2 is 1.33 bits per heavy atom. The number of rotatable bonds is 1. The zero-order valence-electron chi connectivity index (χ0n) is 11.1. The number of para-hydroxylation sites is 2. The van der Waals surface area contributed by atoms with Gasteiger partial charge >= 0.3 is 0 Å². The van der Waals surface area contributed by atoms with E-state index in [1.54, 1.807) is 12.1 Å². The van der Waals surface area contributed by atoms with Crippen LogP contribution < -0.4 is 0 Å². The van der Waals surface area contributed by atoms with Crippen LogP contribution in [-0.4, -0.2) is 9.67 Å². The highest BCUT2D eigenvalue weighted by Gasteiger charge is 2.13. The molecule has 4 rings (SSSR count). The van der Waals surface area contributed by atoms with Gasteiger partial charge in [-0.05, 0) is 40.2 Å². The van der Waals surface area contributed by atoms with Crippen molar-refractivity contribution >= 4 is 37.7 Å². The molecule has 0 spiro atoms. The van der Waals surface area contributed by atoms with E-state index in [9.17, 15) is 5.11 Å². The summed E-state index contributed by atoms with van der Waals surface area (Å²) in [6, 6.07) is 22.0. The maximum Gasteiger partial charge on any atom is 0.117 e. The van der Waals surface area contributed by atoms with E-state index in [1.165, 1.54) is 10.8 Å². The predicted molar refractivity (Wildman–Crippen MR) is 90.1 cm³/mol. The minimum Gasteiger partial charge on any atom is -0.508 e. The Balaban J connectivity index is 2.23. The number of fused-ring (bicyclic) bond motifs is 3. The van der Waals surface area contributed by atoms with Crippen molar-refractivity contribution in [2.24, 2.45) is 0 Å². The Kier molecular flexibility index (Phi) is 2.76. The Labute approximate surface area is 130 Å². The van der Waals surface area contributed by atoms with Gasteiger partial charge in [-0.3, -0.25) is 0 Å². The predicted octanol–water partition coefficient (Wildman–Crippen LogP) is 5.25. The molecule has 0 saturated carbocycles. The molecule has 1 heterocycles. The van der Waals surface area contributed by atoms with Gasteiger partial charge in [-0.1, -0.05) is 36.4 Å². The first-order valence-electron chi connectivity index (χ1n) is 6.73. The fraction of sp³-hybridized carbons (Fsp3) is 0. The van der Waals surface area contributed by atoms with Crippen LogP contribution in [0.1, 0.15) is 0 Å². The quantitative estimate of drug-likeness (QED) is 0.504. The van der Waals surface area contributed by atoms with Gasteiger partial charge in [0.2, 0.25) is 0 Å². The SMILES string of the molecule is Oc1ccc(Br)c(-n2c3ccccc3c3ccccc32)c1. The summed E-state index contributed by atoms with van der Waals surface area (Å²) >= 11 is 3.59. The summed E-state index contributed by atoms with van der Waals surface area (Å²) in [4.78, 5) is 0. The van der Waals surface area contributed by atoms with E-state index in [0.29, 0.717) is 0 Å². The standard InChI is InChI=1S/C18H12BrNO/c19-15-10-9-12(21)11-18(15)20-16-7-3-1-5-13(16)14-6-2-4-8-17(14)20/h1-11,21H. The highest BCUT2D eigenvalue weighted by atomic mass is 79.9. The number of phenols is 1. The molecule has 3 aromatic carbocycles. The molecule has 0 bridgehead atoms. The van der Waals surface area contributed by atoms with Crippen molar-refractivity contribution < 1.29 is 5.11 Å². The van der Waals surface area contributed by atoms with Gasteiger partial charge in [0.05, 0.1) is 16.7 Å². The van der Waals surface area contributed by atoms with Crippen molar-refractivity contribution in [2.75, 3.05) is 0 Å². The molecule has 0 amide bonds. The monoisotopic (exact) mass is 337 g/mol. The van der Waals surface area contributed by atoms with Crippen molar-refractivity contribution in [3.63, 3.8) is 0 Å². The third kappa shape index (κ3) is 1.85. The van der Waals surface area contributed by atoms with E-state index < -0.39 is 0 Å². The number of hydrogen-bond donors (Lipinski definition) is 1. The lowest BCUT2D eigenvalue weighted by atomic mass is 10.2. The van der Waals surface area contributed by atoms with Crippen LogP contribution >= 0.6 is 15.9 Å². The molecule has 21 heavy (non-hydrogen) atoms. The molecule has 0 fully saturated rings. The van der Waals surface area contributed by atoms with Crippen molar-refractivity contribution in [2.45, 2.75) is 0 Å². The van der Waals surface area contributed by atoms with Crippen LogP contribution in [0, 0.1) is 0 Å². The molecule has 3 heteroatoms. The third-order valence-corrected chi connectivity index (χ3v) is 4.42. The maximum atomic E-state index is 9.85. The molecule has 102 valence electrons. The first-order chi connectivity index (χ1) is 10.3. The molecular weight excluding hydrogens is 326 g/mol. The summed E-state index contributed by atoms with van der Waals surface area (Å²) in [6.45, 7) is 0. The molecule has 0 aliphatic carbocycles. The van der Waals surface area contributed by atoms with Gasteiger partial charge in [-0.25, -0.2) is 0 Å². The van der Waals surface area contributed by atoms with E-state index in [0.717, 1.165) is 21.2 Å². The van der Waals surface area contributed by atoms with Crippen LogP contribution in [0.5, 0.6) is 5.75 Å². The van der Waals surface area contributed by atoms with Crippen LogP contribution in [0.25, 0.3) is 27.5 Å². The van der Waals surface area contributed by atoms with E-state index in [2.05, 4.69) is 56.9 Å². The van der Waals surface area contributed by atoms with Crippen molar-refractivity contribution in [1.82, 2.24) is 4.57 Å². The van der Waals surface area contributed by atoms with Crippen molar-refractivity contribution in [3.8, 4) is 11.4 Å². The Hall–Kier alpha value is -2.26. The molecule has 1 N–H and O–H groups in total. The van der Waals surface area contributed by atoms with Crippen molar-refractivity contribution in [1.29, 1.82) is 0 Å². The van der Waals surface area contributed by atoms with Crippen LogP contribution in [-0.2, 0) is 0 Å². The topological polar surface area (TPSA) is 25.2 Å². The van der Waals surface area contributed by atoms with Gasteiger partial charge < -0.3 is 9.67 Å². The van der Waals surface area contributed by atoms with Crippen LogP contribution in [0.4, 0.5) is 0 Å². The summed E-state index contributed by atoms with van der Waals surface area (Å²) in [7, 11) is 0. The molecule has 4 aromatic rings. The van der Waals surface area contributed by atoms with Gasteiger partial charge in [0.15, 0.2) is 0 Å². The van der Waals surface area contributed by atoms with Gasteiger partial charge in [0, 0.05) is 21.3 Å². The number of phenolic OH excluding ortho intramolecular Hbond substituents is 1. The summed E-state index contributed by atoms with van der Waals surface area (Å²) in [6.07, 6.45) is 0. The average molecular weight is 338 g/mol. The number of benzene rings is 3. The largest absolute Gasteiger partial charge is 0.508 e. The summed E-state index contributed by atoms with van der Waals surface area (Å²) in [5.74, 6) is 0.259. The molecule has 0 unspecified atom stereocenters. The van der Waals surface area contributed by atoms with Crippen LogP contribution in [0.15, 0.2) is 71.2 Å². The van der Waals surface area contributed by atoms with Gasteiger partial charge in [0.1, 0.15) is 5.75 Å². The Morgan fingerprint density at radius 1 is 0.762 bits per heavy atom. The molecule has 0 saturated heterocycles. The molecule has 2 nitrogen and oxygen atoms in total. The maximum absolute atomic E-state index is 9.85. The number of aromatic nitrogens is 1. The minimum atomic E-state index is 0.259. The zero-order chi connectivity index (χ0) is 14.4. The van der Waals surface area contributed by atoms with Crippen molar-refractivity contribution in [3.05, 3.63) is 71.2 Å². The van der Waals surface area contributed by atoms with Gasteiger partial charge in [-0.15, -0.1) is 0 Å². The lowest BCUT2D eigenvalue weighted by Crippen LogP contribution is -1.94. The van der Waals surface area contributed by atoms with E-state index >= 15 is 0 Å². The first-order valence-corrected chi connectivity index (χ1v) is 7.52. The fourth-order valence-corrected chi connectivity index (χ4v) is 3.28. The lowest BCUT2D eigenvalue weighted by Gasteiger charge is -2.10. The fourth-order valence-electron chi connectivity index (χ4n) is 2.85. The van der Waals surface area contributed by atoms with Crippen LogP contribution in [0.3, 0.4) is 0 Å². The van der Waals surface area contributed by atoms with E-state index in [-0.39, 0.29) is 5.75 Å². The third-order valence-electron chi connectivity index (χ3n) is 3.75. The molecule has 0 atom stereocenters. The normalized spacial score (nSPS) is 11.3. The summed E-state index contributed by atoms with van der Waals surface area (Å²) in [5.41, 5.74) is 3.20. The molecule has 0 aliphatic heterocycles. The number of nitrogens with zero attached hydrogens (tertiary/aromatic N) is 1. The zero-order valence-corrected chi connectivity index (χ0v) is 12.7.